The fourth-order valence-electron chi connectivity index (χ4n) is 8.93. The van der Waals surface area contributed by atoms with Gasteiger partial charge in [-0.15, -0.1) is 0 Å². The molecule has 0 rings (SSSR count). The fourth-order valence-corrected chi connectivity index (χ4v) is 8.93. The van der Waals surface area contributed by atoms with Gasteiger partial charge >= 0.3 is 17.9 Å². The summed E-state index contributed by atoms with van der Waals surface area (Å²) in [6, 6.07) is 0. The van der Waals surface area contributed by atoms with Crippen molar-refractivity contribution in [3.8, 4) is 0 Å². The van der Waals surface area contributed by atoms with Crippen molar-refractivity contribution in [1.82, 2.24) is 0 Å². The molecule has 0 bridgehead atoms. The highest BCUT2D eigenvalue weighted by atomic mass is 16.6. The molecule has 0 fully saturated rings. The molecule has 0 aromatic carbocycles. The molecule has 458 valence electrons. The normalized spacial score (nSPS) is 13.1. The van der Waals surface area contributed by atoms with Crippen molar-refractivity contribution in [3.05, 3.63) is 146 Å². The first kappa shape index (κ1) is 76.3. The summed E-state index contributed by atoms with van der Waals surface area (Å²) < 4.78 is 16.9. The summed E-state index contributed by atoms with van der Waals surface area (Å²) in [6.45, 7) is 6.37. The van der Waals surface area contributed by atoms with Crippen molar-refractivity contribution in [1.29, 1.82) is 0 Å². The molecule has 0 saturated carbocycles. The zero-order valence-corrected chi connectivity index (χ0v) is 52.5. The first-order valence-corrected chi connectivity index (χ1v) is 33.3. The van der Waals surface area contributed by atoms with Crippen molar-refractivity contribution >= 4 is 17.9 Å². The topological polar surface area (TPSA) is 78.9 Å². The predicted molar refractivity (Wildman–Crippen MR) is 352 cm³/mol. The lowest BCUT2D eigenvalue weighted by Gasteiger charge is -2.18. The first-order chi connectivity index (χ1) is 40.0. The molecule has 1 unspecified atom stereocenters. The van der Waals surface area contributed by atoms with E-state index in [-0.39, 0.29) is 37.5 Å². The van der Waals surface area contributed by atoms with Crippen molar-refractivity contribution in [3.63, 3.8) is 0 Å². The lowest BCUT2D eigenvalue weighted by Crippen LogP contribution is -2.30. The average Bonchev–Trinajstić information content (AvgIpc) is 3.47. The molecular weight excluding hydrogens is 997 g/mol. The van der Waals surface area contributed by atoms with Crippen LogP contribution in [0.5, 0.6) is 0 Å². The van der Waals surface area contributed by atoms with Gasteiger partial charge in [0.2, 0.25) is 0 Å². The predicted octanol–water partition coefficient (Wildman–Crippen LogP) is 23.1. The molecule has 0 N–H and O–H groups in total. The van der Waals surface area contributed by atoms with Gasteiger partial charge in [0, 0.05) is 19.3 Å². The smallest absolute Gasteiger partial charge is 0.306 e. The van der Waals surface area contributed by atoms with E-state index in [0.29, 0.717) is 19.3 Å². The molecule has 0 aliphatic heterocycles. The van der Waals surface area contributed by atoms with Crippen LogP contribution in [-0.4, -0.2) is 37.2 Å². The monoisotopic (exact) mass is 1120 g/mol. The summed E-state index contributed by atoms with van der Waals surface area (Å²) in [7, 11) is 0. The average molecular weight is 1120 g/mol. The van der Waals surface area contributed by atoms with Crippen LogP contribution in [0.15, 0.2) is 146 Å². The quantitative estimate of drug-likeness (QED) is 0.0261. The van der Waals surface area contributed by atoms with Crippen molar-refractivity contribution in [2.75, 3.05) is 13.2 Å². The number of unbranched alkanes of at least 4 members (excludes halogenated alkanes) is 24. The van der Waals surface area contributed by atoms with Gasteiger partial charge in [0.1, 0.15) is 13.2 Å². The lowest BCUT2D eigenvalue weighted by atomic mass is 10.0. The van der Waals surface area contributed by atoms with Crippen LogP contribution in [0, 0.1) is 0 Å². The molecule has 0 aliphatic carbocycles. The van der Waals surface area contributed by atoms with E-state index in [2.05, 4.69) is 167 Å². The Balaban J connectivity index is 4.48. The SMILES string of the molecule is CC/C=C\C/C=C\C/C=C\C/C=C\C/C=C\C/C=C\C/C=C\CCCCCCCC(=O)OCC(COC(=O)CCC/C=C\C/C=C\C/C=C\C/C=C\C/C=C\CC)OC(=O)CCCCCCCCCCCCCCCCCCCCC. The zero-order chi connectivity index (χ0) is 58.5. The second kappa shape index (κ2) is 67.8. The van der Waals surface area contributed by atoms with Crippen LogP contribution in [0.1, 0.15) is 290 Å². The maximum atomic E-state index is 12.9. The number of hydrogen-bond donors (Lipinski definition) is 0. The summed E-state index contributed by atoms with van der Waals surface area (Å²) in [5.74, 6) is -0.981. The number of esters is 3. The van der Waals surface area contributed by atoms with Crippen LogP contribution in [0.2, 0.25) is 0 Å². The summed E-state index contributed by atoms with van der Waals surface area (Å²) in [5.41, 5.74) is 0. The molecule has 6 heteroatoms. The van der Waals surface area contributed by atoms with Crippen LogP contribution in [0.3, 0.4) is 0 Å². The molecule has 6 nitrogen and oxygen atoms in total. The maximum Gasteiger partial charge on any atom is 0.306 e. The number of rotatable bonds is 59. The fraction of sp³-hybridized carbons (Fsp3) is 0.640. The van der Waals surface area contributed by atoms with E-state index in [9.17, 15) is 14.4 Å². The van der Waals surface area contributed by atoms with E-state index in [1.807, 2.05) is 0 Å². The number of allylic oxidation sites excluding steroid dienone is 24. The van der Waals surface area contributed by atoms with Gasteiger partial charge in [0.25, 0.3) is 0 Å². The van der Waals surface area contributed by atoms with Crippen LogP contribution in [-0.2, 0) is 28.6 Å². The van der Waals surface area contributed by atoms with Gasteiger partial charge in [-0.25, -0.2) is 0 Å². The molecular formula is C75H122O6. The Morgan fingerprint density at radius 3 is 0.802 bits per heavy atom. The van der Waals surface area contributed by atoms with Crippen LogP contribution in [0.25, 0.3) is 0 Å². The van der Waals surface area contributed by atoms with E-state index in [0.717, 1.165) is 141 Å². The summed E-state index contributed by atoms with van der Waals surface area (Å²) in [5, 5.41) is 0. The van der Waals surface area contributed by atoms with E-state index >= 15 is 0 Å². The third-order valence-corrected chi connectivity index (χ3v) is 13.8. The Kier molecular flexibility index (Phi) is 63.9. The van der Waals surface area contributed by atoms with Gasteiger partial charge < -0.3 is 14.2 Å². The summed E-state index contributed by atoms with van der Waals surface area (Å²) >= 11 is 0. The van der Waals surface area contributed by atoms with Crippen LogP contribution < -0.4 is 0 Å². The number of ether oxygens (including phenoxy) is 3. The molecule has 0 radical (unpaired) electrons. The molecule has 0 spiro atoms. The number of hydrogen-bond acceptors (Lipinski definition) is 6. The molecule has 0 aromatic heterocycles. The Morgan fingerprint density at radius 1 is 0.259 bits per heavy atom. The van der Waals surface area contributed by atoms with Crippen LogP contribution >= 0.6 is 0 Å². The summed E-state index contributed by atoms with van der Waals surface area (Å²) in [4.78, 5) is 38.4. The Hall–Kier alpha value is -4.71. The molecule has 81 heavy (non-hydrogen) atoms. The molecule has 0 aliphatic rings. The Labute approximate surface area is 499 Å². The van der Waals surface area contributed by atoms with Gasteiger partial charge in [0.15, 0.2) is 6.10 Å². The highest BCUT2D eigenvalue weighted by Gasteiger charge is 2.19. The van der Waals surface area contributed by atoms with Gasteiger partial charge in [0.05, 0.1) is 0 Å². The van der Waals surface area contributed by atoms with Gasteiger partial charge in [-0.2, -0.15) is 0 Å². The largest absolute Gasteiger partial charge is 0.462 e. The molecule has 1 atom stereocenters. The third-order valence-electron chi connectivity index (χ3n) is 13.8. The van der Waals surface area contributed by atoms with Gasteiger partial charge in [-0.3, -0.25) is 14.4 Å². The first-order valence-electron chi connectivity index (χ1n) is 33.3. The lowest BCUT2D eigenvalue weighted by molar-refractivity contribution is -0.167. The van der Waals surface area contributed by atoms with E-state index in [1.165, 1.54) is 103 Å². The molecule has 0 saturated heterocycles. The Bertz CT molecular complexity index is 1760. The molecule has 0 amide bonds. The number of carbonyl (C=O) groups is 3. The van der Waals surface area contributed by atoms with Crippen molar-refractivity contribution < 1.29 is 28.6 Å². The molecule has 0 aromatic rings. The highest BCUT2D eigenvalue weighted by molar-refractivity contribution is 5.71. The minimum Gasteiger partial charge on any atom is -0.462 e. The van der Waals surface area contributed by atoms with Crippen molar-refractivity contribution in [2.24, 2.45) is 0 Å². The summed E-state index contributed by atoms with van der Waals surface area (Å²) in [6.07, 6.45) is 97.2. The van der Waals surface area contributed by atoms with Crippen molar-refractivity contribution in [2.45, 2.75) is 297 Å². The second-order valence-electron chi connectivity index (χ2n) is 21.6. The van der Waals surface area contributed by atoms with Gasteiger partial charge in [-0.1, -0.05) is 301 Å². The van der Waals surface area contributed by atoms with Crippen LogP contribution in [0.4, 0.5) is 0 Å². The number of carbonyl (C=O) groups excluding carboxylic acids is 3. The highest BCUT2D eigenvalue weighted by Crippen LogP contribution is 2.16. The van der Waals surface area contributed by atoms with E-state index in [4.69, 9.17) is 14.2 Å². The Morgan fingerprint density at radius 2 is 0.494 bits per heavy atom. The zero-order valence-electron chi connectivity index (χ0n) is 52.5. The van der Waals surface area contributed by atoms with E-state index in [1.54, 1.807) is 0 Å². The third kappa shape index (κ3) is 66.0. The van der Waals surface area contributed by atoms with E-state index < -0.39 is 6.10 Å². The minimum atomic E-state index is -0.816. The second-order valence-corrected chi connectivity index (χ2v) is 21.6. The maximum absolute atomic E-state index is 12.9. The molecule has 0 heterocycles. The van der Waals surface area contributed by atoms with Gasteiger partial charge in [-0.05, 0) is 116 Å². The minimum absolute atomic E-state index is 0.109. The standard InChI is InChI=1S/C75H122O6/c1-4-7-10-13-16-19-22-25-28-31-33-34-35-36-37-38-39-40-42-44-47-50-53-56-59-62-65-68-74(77)80-71-72(70-79-73(76)67-64-61-58-55-52-49-46-43-30-27-24-21-18-15-12-9-6-3)81-75(78)69-66-63-60-57-54-51-48-45-41-32-29-26-23-20-17-14-11-8-5-2/h7,9-10,12,16,18-19,21,25,27-28,30,33-34,36-37,39-40,44,46-47,49,55,58,72H,4-6,8,11,13-15,17,20,22-24,26,29,31-32,35,38,41-43,45,48,50-54,56-57,59-71H2,1-3H3/b10-7-,12-9-,19-16-,21-18-,28-25-,30-27-,34-33-,37-36-,40-39-,47-44-,49-46-,58-55-.